The normalized spacial score (nSPS) is 27.0. The van der Waals surface area contributed by atoms with E-state index in [1.807, 2.05) is 0 Å². The smallest absolute Gasteiger partial charge is 0.0813 e. The first-order chi connectivity index (χ1) is 6.83. The van der Waals surface area contributed by atoms with E-state index in [0.717, 1.165) is 13.2 Å². The maximum Gasteiger partial charge on any atom is 0.0813 e. The summed E-state index contributed by atoms with van der Waals surface area (Å²) in [5.74, 6) is 0. The first kappa shape index (κ1) is 12.0. The molecule has 14 heavy (non-hydrogen) atoms. The Morgan fingerprint density at radius 3 is 2.71 bits per heavy atom. The summed E-state index contributed by atoms with van der Waals surface area (Å²) in [6.07, 6.45) is 8.33. The molecule has 2 nitrogen and oxygen atoms in total. The summed E-state index contributed by atoms with van der Waals surface area (Å²) in [7, 11) is 0. The van der Waals surface area contributed by atoms with Gasteiger partial charge in [-0.15, -0.1) is 0 Å². The molecule has 1 heterocycles. The van der Waals surface area contributed by atoms with Crippen LogP contribution in [-0.4, -0.2) is 25.4 Å². The molecule has 0 amide bonds. The second-order valence-electron chi connectivity index (χ2n) is 4.28. The van der Waals surface area contributed by atoms with Crippen LogP contribution in [0.1, 0.15) is 52.4 Å². The molecule has 2 heteroatoms. The number of hydrogen-bond donors (Lipinski definition) is 0. The molecule has 1 aliphatic rings. The van der Waals surface area contributed by atoms with Crippen molar-refractivity contribution in [3.8, 4) is 0 Å². The Kier molecular flexibility index (Phi) is 6.20. The third-order valence-corrected chi connectivity index (χ3v) is 2.77. The summed E-state index contributed by atoms with van der Waals surface area (Å²) < 4.78 is 11.3. The van der Waals surface area contributed by atoms with Crippen molar-refractivity contribution in [1.29, 1.82) is 0 Å². The fourth-order valence-electron chi connectivity index (χ4n) is 1.85. The van der Waals surface area contributed by atoms with Crippen LogP contribution in [0, 0.1) is 0 Å². The molecule has 1 aliphatic heterocycles. The summed E-state index contributed by atoms with van der Waals surface area (Å²) in [6, 6.07) is 0. The molecule has 0 aromatic rings. The van der Waals surface area contributed by atoms with Gasteiger partial charge in [-0.05, 0) is 26.2 Å². The standard InChI is InChI=1S/C12H24O2/c1-3-4-5-6-9-13-10-12-8-7-11(2)14-12/h11-12H,3-10H2,1-2H3. The second kappa shape index (κ2) is 7.24. The van der Waals surface area contributed by atoms with E-state index in [1.54, 1.807) is 0 Å². The Morgan fingerprint density at radius 1 is 1.21 bits per heavy atom. The largest absolute Gasteiger partial charge is 0.379 e. The lowest BCUT2D eigenvalue weighted by atomic mass is 10.2. The summed E-state index contributed by atoms with van der Waals surface area (Å²) in [5, 5.41) is 0. The summed E-state index contributed by atoms with van der Waals surface area (Å²) in [5.41, 5.74) is 0. The highest BCUT2D eigenvalue weighted by molar-refractivity contribution is 4.69. The zero-order valence-corrected chi connectivity index (χ0v) is 9.63. The van der Waals surface area contributed by atoms with Crippen molar-refractivity contribution in [2.24, 2.45) is 0 Å². The van der Waals surface area contributed by atoms with E-state index in [0.29, 0.717) is 12.2 Å². The molecule has 1 fully saturated rings. The minimum absolute atomic E-state index is 0.371. The SMILES string of the molecule is CCCCCCOCC1CCC(C)O1. The van der Waals surface area contributed by atoms with Crippen molar-refractivity contribution in [1.82, 2.24) is 0 Å². The zero-order valence-electron chi connectivity index (χ0n) is 9.63. The molecule has 2 unspecified atom stereocenters. The molecule has 0 aromatic heterocycles. The lowest BCUT2D eigenvalue weighted by Crippen LogP contribution is -2.16. The molecule has 0 bridgehead atoms. The average molecular weight is 200 g/mol. The van der Waals surface area contributed by atoms with Gasteiger partial charge in [0.1, 0.15) is 0 Å². The van der Waals surface area contributed by atoms with Gasteiger partial charge in [-0.2, -0.15) is 0 Å². The maximum atomic E-state index is 5.66. The lowest BCUT2D eigenvalue weighted by molar-refractivity contribution is -0.00988. The predicted octanol–water partition coefficient (Wildman–Crippen LogP) is 3.15. The molecule has 0 N–H and O–H groups in total. The Morgan fingerprint density at radius 2 is 2.07 bits per heavy atom. The van der Waals surface area contributed by atoms with E-state index in [-0.39, 0.29) is 0 Å². The fourth-order valence-corrected chi connectivity index (χ4v) is 1.85. The highest BCUT2D eigenvalue weighted by Crippen LogP contribution is 2.19. The number of ether oxygens (including phenoxy) is 2. The Hall–Kier alpha value is -0.0800. The van der Waals surface area contributed by atoms with Crippen LogP contribution in [0.15, 0.2) is 0 Å². The second-order valence-corrected chi connectivity index (χ2v) is 4.28. The summed E-state index contributed by atoms with van der Waals surface area (Å²) in [6.45, 7) is 6.08. The topological polar surface area (TPSA) is 18.5 Å². The Bertz CT molecular complexity index is 136. The highest BCUT2D eigenvalue weighted by atomic mass is 16.5. The van der Waals surface area contributed by atoms with Gasteiger partial charge in [-0.1, -0.05) is 26.2 Å². The van der Waals surface area contributed by atoms with Gasteiger partial charge >= 0.3 is 0 Å². The van der Waals surface area contributed by atoms with E-state index in [9.17, 15) is 0 Å². The lowest BCUT2D eigenvalue weighted by Gasteiger charge is -2.11. The quantitative estimate of drug-likeness (QED) is 0.588. The Labute approximate surface area is 88.0 Å². The number of hydrogen-bond acceptors (Lipinski definition) is 2. The first-order valence-electron chi connectivity index (χ1n) is 6.06. The van der Waals surface area contributed by atoms with Crippen LogP contribution in [0.3, 0.4) is 0 Å². The van der Waals surface area contributed by atoms with E-state index >= 15 is 0 Å². The van der Waals surface area contributed by atoms with Crippen molar-refractivity contribution in [3.05, 3.63) is 0 Å². The van der Waals surface area contributed by atoms with Gasteiger partial charge in [-0.3, -0.25) is 0 Å². The Balaban J connectivity index is 1.84. The third kappa shape index (κ3) is 4.97. The third-order valence-electron chi connectivity index (χ3n) is 2.77. The van der Waals surface area contributed by atoms with E-state index in [4.69, 9.17) is 9.47 Å². The molecular formula is C12H24O2. The van der Waals surface area contributed by atoms with Gasteiger partial charge in [0.2, 0.25) is 0 Å². The van der Waals surface area contributed by atoms with Gasteiger partial charge in [-0.25, -0.2) is 0 Å². The fraction of sp³-hybridized carbons (Fsp3) is 1.00. The van der Waals surface area contributed by atoms with Crippen molar-refractivity contribution in [2.45, 2.75) is 64.6 Å². The monoisotopic (exact) mass is 200 g/mol. The minimum Gasteiger partial charge on any atom is -0.379 e. The molecule has 0 radical (unpaired) electrons. The molecule has 1 rings (SSSR count). The summed E-state index contributed by atoms with van der Waals surface area (Å²) >= 11 is 0. The van der Waals surface area contributed by atoms with Crippen LogP contribution in [0.4, 0.5) is 0 Å². The number of unbranched alkanes of at least 4 members (excludes halogenated alkanes) is 3. The van der Waals surface area contributed by atoms with Gasteiger partial charge in [0.05, 0.1) is 18.8 Å². The molecular weight excluding hydrogens is 176 g/mol. The first-order valence-corrected chi connectivity index (χ1v) is 6.06. The molecule has 0 aromatic carbocycles. The van der Waals surface area contributed by atoms with Crippen molar-refractivity contribution in [2.75, 3.05) is 13.2 Å². The molecule has 0 saturated carbocycles. The van der Waals surface area contributed by atoms with Crippen LogP contribution < -0.4 is 0 Å². The minimum atomic E-state index is 0.371. The van der Waals surface area contributed by atoms with Gasteiger partial charge < -0.3 is 9.47 Å². The van der Waals surface area contributed by atoms with E-state index < -0.39 is 0 Å². The van der Waals surface area contributed by atoms with Crippen molar-refractivity contribution >= 4 is 0 Å². The molecule has 1 saturated heterocycles. The van der Waals surface area contributed by atoms with Crippen LogP contribution >= 0.6 is 0 Å². The van der Waals surface area contributed by atoms with Gasteiger partial charge in [0.15, 0.2) is 0 Å². The van der Waals surface area contributed by atoms with Crippen molar-refractivity contribution in [3.63, 3.8) is 0 Å². The number of rotatable bonds is 7. The molecule has 84 valence electrons. The highest BCUT2D eigenvalue weighted by Gasteiger charge is 2.21. The average Bonchev–Trinajstić information content (AvgIpc) is 2.58. The van der Waals surface area contributed by atoms with Crippen LogP contribution in [0.5, 0.6) is 0 Å². The molecule has 2 atom stereocenters. The van der Waals surface area contributed by atoms with Gasteiger partial charge in [0.25, 0.3) is 0 Å². The van der Waals surface area contributed by atoms with E-state index in [1.165, 1.54) is 38.5 Å². The van der Waals surface area contributed by atoms with Gasteiger partial charge in [0, 0.05) is 6.61 Å². The molecule has 0 spiro atoms. The van der Waals surface area contributed by atoms with Crippen LogP contribution in [0.25, 0.3) is 0 Å². The van der Waals surface area contributed by atoms with Crippen LogP contribution in [0.2, 0.25) is 0 Å². The summed E-state index contributed by atoms with van der Waals surface area (Å²) in [4.78, 5) is 0. The van der Waals surface area contributed by atoms with Crippen molar-refractivity contribution < 1.29 is 9.47 Å². The predicted molar refractivity (Wildman–Crippen MR) is 58.5 cm³/mol. The molecule has 0 aliphatic carbocycles. The van der Waals surface area contributed by atoms with E-state index in [2.05, 4.69) is 13.8 Å². The van der Waals surface area contributed by atoms with Crippen LogP contribution in [-0.2, 0) is 9.47 Å². The zero-order chi connectivity index (χ0) is 10.2. The maximum absolute atomic E-state index is 5.66.